The second kappa shape index (κ2) is 10.7. The van der Waals surface area contributed by atoms with Crippen LogP contribution in [0.15, 0.2) is 66.0 Å². The highest BCUT2D eigenvalue weighted by molar-refractivity contribution is 7.90. The van der Waals surface area contributed by atoms with Gasteiger partial charge in [0.25, 0.3) is 5.91 Å². The second-order valence-corrected chi connectivity index (χ2v) is 9.81. The third-order valence-corrected chi connectivity index (χ3v) is 6.81. The highest BCUT2D eigenvalue weighted by Gasteiger charge is 2.27. The molecule has 33 heavy (non-hydrogen) atoms. The number of carbonyl (C=O) groups is 1. The first kappa shape index (κ1) is 24.6. The number of amides is 1. The van der Waals surface area contributed by atoms with Crippen molar-refractivity contribution >= 4 is 15.7 Å². The largest absolute Gasteiger partial charge is 0.383 e. The Balaban J connectivity index is 1.96. The second-order valence-electron chi connectivity index (χ2n) is 7.93. The molecule has 1 heterocycles. The van der Waals surface area contributed by atoms with Gasteiger partial charge in [-0.15, -0.1) is 0 Å². The summed E-state index contributed by atoms with van der Waals surface area (Å²) in [6.45, 7) is 4.22. The molecule has 0 saturated carbocycles. The fourth-order valence-corrected chi connectivity index (χ4v) is 5.02. The molecule has 0 atom stereocenters. The molecule has 0 aliphatic carbocycles. The Kier molecular flexibility index (Phi) is 7.99. The molecular weight excluding hydrogens is 445 g/mol. The lowest BCUT2D eigenvalue weighted by Crippen LogP contribution is -2.37. The van der Waals surface area contributed by atoms with Gasteiger partial charge < -0.3 is 14.2 Å². The first-order valence-corrected chi connectivity index (χ1v) is 12.3. The summed E-state index contributed by atoms with van der Waals surface area (Å²) in [6, 6.07) is 14.4. The molecule has 0 saturated heterocycles. The van der Waals surface area contributed by atoms with Crippen LogP contribution in [0.4, 0.5) is 4.39 Å². The number of methoxy groups -OCH3 is 1. The van der Waals surface area contributed by atoms with Crippen LogP contribution in [0.1, 0.15) is 35.5 Å². The number of benzene rings is 2. The number of nitrogens with zero attached hydrogens (tertiary/aromatic N) is 3. The van der Waals surface area contributed by atoms with E-state index >= 15 is 0 Å². The Labute approximate surface area is 193 Å². The lowest BCUT2D eigenvalue weighted by Gasteiger charge is -2.27. The van der Waals surface area contributed by atoms with Crippen LogP contribution in [0, 0.1) is 5.82 Å². The molecule has 1 aromatic heterocycles. The molecule has 0 radical (unpaired) electrons. The van der Waals surface area contributed by atoms with E-state index in [9.17, 15) is 17.6 Å². The quantitative estimate of drug-likeness (QED) is 0.449. The zero-order valence-corrected chi connectivity index (χ0v) is 19.8. The van der Waals surface area contributed by atoms with Crippen LogP contribution < -0.4 is 0 Å². The van der Waals surface area contributed by atoms with Gasteiger partial charge in [-0.2, -0.15) is 0 Å². The minimum Gasteiger partial charge on any atom is -0.383 e. The SMILES string of the molecule is COCCn1c(CN(C(=O)c2ccccc2F)C(C)C)cnc1S(=O)(=O)Cc1ccccc1. The van der Waals surface area contributed by atoms with Crippen LogP contribution >= 0.6 is 0 Å². The van der Waals surface area contributed by atoms with Crippen LogP contribution in [0.2, 0.25) is 0 Å². The molecule has 0 fully saturated rings. The maximum absolute atomic E-state index is 14.3. The molecule has 0 aliphatic heterocycles. The Morgan fingerprint density at radius 3 is 2.42 bits per heavy atom. The number of hydrogen-bond donors (Lipinski definition) is 0. The lowest BCUT2D eigenvalue weighted by molar-refractivity contribution is 0.0679. The smallest absolute Gasteiger partial charge is 0.257 e. The Morgan fingerprint density at radius 1 is 1.12 bits per heavy atom. The molecule has 0 spiro atoms. The van der Waals surface area contributed by atoms with E-state index in [4.69, 9.17) is 4.74 Å². The Morgan fingerprint density at radius 2 is 1.79 bits per heavy atom. The molecule has 3 aromatic rings. The highest BCUT2D eigenvalue weighted by atomic mass is 32.2. The maximum Gasteiger partial charge on any atom is 0.257 e. The van der Waals surface area contributed by atoms with E-state index in [2.05, 4.69) is 4.98 Å². The number of carbonyl (C=O) groups excluding carboxylic acids is 1. The van der Waals surface area contributed by atoms with Crippen LogP contribution in [-0.4, -0.2) is 48.5 Å². The topological polar surface area (TPSA) is 81.5 Å². The summed E-state index contributed by atoms with van der Waals surface area (Å²) < 4.78 is 47.3. The standard InChI is InChI=1S/C24H28FN3O4S/c1-18(2)28(23(29)21-11-7-8-12-22(21)25)16-20-15-26-24(27(20)13-14-32-3)33(30,31)17-19-9-5-4-6-10-19/h4-12,15,18H,13-14,16-17H2,1-3H3. The van der Waals surface area contributed by atoms with Crippen molar-refractivity contribution in [3.8, 4) is 0 Å². The number of sulfone groups is 1. The monoisotopic (exact) mass is 473 g/mol. The van der Waals surface area contributed by atoms with Crippen molar-refractivity contribution in [2.45, 2.75) is 43.9 Å². The number of rotatable bonds is 10. The summed E-state index contributed by atoms with van der Waals surface area (Å²) in [7, 11) is -2.23. The minimum absolute atomic E-state index is 0.0360. The molecule has 2 aromatic carbocycles. The summed E-state index contributed by atoms with van der Waals surface area (Å²) in [5.41, 5.74) is 1.14. The van der Waals surface area contributed by atoms with Crippen molar-refractivity contribution < 1.29 is 22.3 Å². The van der Waals surface area contributed by atoms with E-state index in [1.54, 1.807) is 34.9 Å². The predicted octanol–water partition coefficient (Wildman–Crippen LogP) is 3.69. The first-order chi connectivity index (χ1) is 15.7. The third kappa shape index (κ3) is 5.85. The molecule has 3 rings (SSSR count). The summed E-state index contributed by atoms with van der Waals surface area (Å²) in [6.07, 6.45) is 1.46. The molecule has 0 aliphatic rings. The van der Waals surface area contributed by atoms with E-state index in [0.29, 0.717) is 11.3 Å². The summed E-state index contributed by atoms with van der Waals surface area (Å²) in [4.78, 5) is 18.8. The average molecular weight is 474 g/mol. The zero-order chi connectivity index (χ0) is 24.0. The van der Waals surface area contributed by atoms with Crippen molar-refractivity contribution in [1.82, 2.24) is 14.5 Å². The van der Waals surface area contributed by atoms with Crippen molar-refractivity contribution in [1.29, 1.82) is 0 Å². The molecule has 9 heteroatoms. The van der Waals surface area contributed by atoms with E-state index in [0.717, 1.165) is 0 Å². The molecule has 176 valence electrons. The first-order valence-electron chi connectivity index (χ1n) is 10.6. The van der Waals surface area contributed by atoms with Crippen LogP contribution in [0.5, 0.6) is 0 Å². The van der Waals surface area contributed by atoms with Gasteiger partial charge in [0, 0.05) is 19.7 Å². The van der Waals surface area contributed by atoms with E-state index in [1.165, 1.54) is 36.4 Å². The van der Waals surface area contributed by atoms with E-state index < -0.39 is 21.6 Å². The van der Waals surface area contributed by atoms with Gasteiger partial charge in [-0.05, 0) is 31.5 Å². The third-order valence-electron chi connectivity index (χ3n) is 5.22. The van der Waals surface area contributed by atoms with E-state index in [-0.39, 0.29) is 42.2 Å². The van der Waals surface area contributed by atoms with Gasteiger partial charge >= 0.3 is 0 Å². The number of halogens is 1. The molecule has 0 N–H and O–H groups in total. The van der Waals surface area contributed by atoms with Crippen molar-refractivity contribution in [2.75, 3.05) is 13.7 Å². The Bertz CT molecular complexity index is 1190. The molecule has 0 unspecified atom stereocenters. The summed E-state index contributed by atoms with van der Waals surface area (Å²) >= 11 is 0. The minimum atomic E-state index is -3.76. The van der Waals surface area contributed by atoms with Gasteiger partial charge in [-0.25, -0.2) is 17.8 Å². The van der Waals surface area contributed by atoms with Gasteiger partial charge in [0.05, 0.1) is 36.4 Å². The highest BCUT2D eigenvalue weighted by Crippen LogP contribution is 2.21. The van der Waals surface area contributed by atoms with E-state index in [1.807, 2.05) is 19.9 Å². The number of hydrogen-bond acceptors (Lipinski definition) is 5. The lowest BCUT2D eigenvalue weighted by atomic mass is 10.1. The summed E-state index contributed by atoms with van der Waals surface area (Å²) in [5, 5.41) is -0.0829. The number of ether oxygens (including phenoxy) is 1. The van der Waals surface area contributed by atoms with Gasteiger partial charge in [-0.1, -0.05) is 42.5 Å². The van der Waals surface area contributed by atoms with Crippen LogP contribution in [-0.2, 0) is 33.4 Å². The molecule has 0 bridgehead atoms. The average Bonchev–Trinajstić information content (AvgIpc) is 3.19. The fourth-order valence-electron chi connectivity index (χ4n) is 3.50. The zero-order valence-electron chi connectivity index (χ0n) is 18.9. The van der Waals surface area contributed by atoms with Crippen molar-refractivity contribution in [3.05, 3.63) is 83.4 Å². The molecule has 7 nitrogen and oxygen atoms in total. The van der Waals surface area contributed by atoms with Crippen LogP contribution in [0.25, 0.3) is 0 Å². The van der Waals surface area contributed by atoms with Crippen molar-refractivity contribution in [3.63, 3.8) is 0 Å². The predicted molar refractivity (Wildman–Crippen MR) is 123 cm³/mol. The van der Waals surface area contributed by atoms with Gasteiger partial charge in [0.15, 0.2) is 0 Å². The maximum atomic E-state index is 14.3. The Hall–Kier alpha value is -3.04. The van der Waals surface area contributed by atoms with Crippen LogP contribution in [0.3, 0.4) is 0 Å². The van der Waals surface area contributed by atoms with Crippen molar-refractivity contribution in [2.24, 2.45) is 0 Å². The molecule has 1 amide bonds. The molecular formula is C24H28FN3O4S. The fraction of sp³-hybridized carbons (Fsp3) is 0.333. The van der Waals surface area contributed by atoms with Gasteiger partial charge in [0.2, 0.25) is 15.0 Å². The van der Waals surface area contributed by atoms with Gasteiger partial charge in [0.1, 0.15) is 5.82 Å². The summed E-state index contributed by atoms with van der Waals surface area (Å²) in [5.74, 6) is -1.28. The normalized spacial score (nSPS) is 11.7. The van der Waals surface area contributed by atoms with Gasteiger partial charge in [-0.3, -0.25) is 4.79 Å². The number of imidazole rings is 1. The number of aromatic nitrogens is 2.